The quantitative estimate of drug-likeness (QED) is 0.0585. The number of carbonyl (C=O) groups excluding carboxylic acids is 1. The van der Waals surface area contributed by atoms with E-state index in [1.807, 2.05) is 24.3 Å². The number of piperidine rings is 2. The van der Waals surface area contributed by atoms with Crippen LogP contribution in [0.4, 0.5) is 17.1 Å². The molecule has 16 heteroatoms. The molecule has 0 radical (unpaired) electrons. The average Bonchev–Trinajstić information content (AvgIpc) is 3.76. The summed E-state index contributed by atoms with van der Waals surface area (Å²) in [6.07, 6.45) is 11.7. The first-order chi connectivity index (χ1) is 30.5. The molecule has 0 unspecified atom stereocenters. The first-order valence-electron chi connectivity index (χ1n) is 21.8. The molecule has 9 rings (SSSR count). The monoisotopic (exact) mass is 893 g/mol. The van der Waals surface area contributed by atoms with Crippen molar-refractivity contribution >= 4 is 55.6 Å². The van der Waals surface area contributed by atoms with Gasteiger partial charge in [-0.05, 0) is 123 Å². The fraction of sp³-hybridized carbons (Fsp3) is 0.404. The number of aromatic nitrogens is 2. The third kappa shape index (κ3) is 9.57. The molecule has 2 bridgehead atoms. The Bertz CT molecular complexity index is 2620. The standard InChI is InChI=1S/C47H52ClN7O7S/c1-30-2-3-33-22-41(30)45(34-4-6-36(48)7-5-34)54(29-33)28-32-13-18-53(19-14-32)37-8-10-40(44(24-37)62-38-23-35-12-17-49-46(35)51-27-38)47(56)52-63(59,60)39-9-11-42(43(25-39)55(57)58)50-26-31-15-20-61-21-16-31/h2,4-12,17,23-25,27,31-33,41,45,50H,3,13-16,18-22,26,28-29H2,1H3,(H,49,51)(H,52,56)/t33-,41-,45+/m1/s1. The highest BCUT2D eigenvalue weighted by Gasteiger charge is 2.40. The molecule has 2 aromatic heterocycles. The molecular formula is C47H52ClN7O7S. The number of hydrogen-bond acceptors (Lipinski definition) is 11. The van der Waals surface area contributed by atoms with Gasteiger partial charge in [-0.25, -0.2) is 18.1 Å². The van der Waals surface area contributed by atoms with Crippen molar-refractivity contribution in [2.45, 2.75) is 56.4 Å². The number of rotatable bonds is 13. The minimum Gasteiger partial charge on any atom is -0.455 e. The smallest absolute Gasteiger partial charge is 0.293 e. The number of nitrogens with zero attached hydrogens (tertiary/aromatic N) is 4. The number of halogens is 1. The lowest BCUT2D eigenvalue weighted by atomic mass is 9.71. The predicted molar refractivity (Wildman–Crippen MR) is 243 cm³/mol. The highest BCUT2D eigenvalue weighted by atomic mass is 35.5. The minimum atomic E-state index is -4.55. The maximum absolute atomic E-state index is 14.0. The lowest BCUT2D eigenvalue weighted by molar-refractivity contribution is -0.384. The summed E-state index contributed by atoms with van der Waals surface area (Å²) in [6, 6.07) is 21.1. The number of ether oxygens (including phenoxy) is 2. The number of nitrogens with one attached hydrogen (secondary N) is 3. The van der Waals surface area contributed by atoms with E-state index in [0.29, 0.717) is 55.0 Å². The van der Waals surface area contributed by atoms with Crippen LogP contribution in [-0.4, -0.2) is 80.1 Å². The number of sulfonamides is 1. The molecule has 3 aliphatic heterocycles. The van der Waals surface area contributed by atoms with Crippen LogP contribution < -0.4 is 19.7 Å². The lowest BCUT2D eigenvalue weighted by Crippen LogP contribution is -2.48. The fourth-order valence-electron chi connectivity index (χ4n) is 9.87. The molecule has 1 amide bonds. The second-order valence-corrected chi connectivity index (χ2v) is 19.6. The topological polar surface area (TPSA) is 172 Å². The van der Waals surface area contributed by atoms with E-state index in [0.717, 1.165) is 80.4 Å². The van der Waals surface area contributed by atoms with Gasteiger partial charge in [0.15, 0.2) is 0 Å². The third-order valence-electron chi connectivity index (χ3n) is 13.3. The second-order valence-electron chi connectivity index (χ2n) is 17.4. The number of carbonyl (C=O) groups is 1. The van der Waals surface area contributed by atoms with Gasteiger partial charge in [0.2, 0.25) is 0 Å². The van der Waals surface area contributed by atoms with Gasteiger partial charge in [-0.3, -0.25) is 19.8 Å². The molecule has 0 spiro atoms. The van der Waals surface area contributed by atoms with Crippen molar-refractivity contribution in [2.75, 3.05) is 56.2 Å². The summed E-state index contributed by atoms with van der Waals surface area (Å²) in [5, 5.41) is 16.8. The largest absolute Gasteiger partial charge is 0.455 e. The van der Waals surface area contributed by atoms with Gasteiger partial charge in [0.1, 0.15) is 22.8 Å². The molecule has 63 heavy (non-hydrogen) atoms. The Labute approximate surface area is 372 Å². The summed E-state index contributed by atoms with van der Waals surface area (Å²) < 4.78 is 41.3. The van der Waals surface area contributed by atoms with E-state index < -0.39 is 31.4 Å². The van der Waals surface area contributed by atoms with E-state index in [-0.39, 0.29) is 22.9 Å². The van der Waals surface area contributed by atoms with E-state index in [1.54, 1.807) is 24.4 Å². The molecule has 3 fully saturated rings. The molecule has 3 aromatic carbocycles. The van der Waals surface area contributed by atoms with E-state index >= 15 is 0 Å². The maximum atomic E-state index is 14.0. The number of allylic oxidation sites excluding steroid dienone is 1. The summed E-state index contributed by atoms with van der Waals surface area (Å²) in [6.45, 7) is 7.71. The number of nitro groups is 1. The van der Waals surface area contributed by atoms with Crippen LogP contribution in [0.1, 0.15) is 67.4 Å². The number of anilines is 2. The Balaban J connectivity index is 0.921. The Kier molecular flexibility index (Phi) is 12.4. The van der Waals surface area contributed by atoms with Gasteiger partial charge in [0.25, 0.3) is 21.6 Å². The van der Waals surface area contributed by atoms with Gasteiger partial charge in [-0.2, -0.15) is 0 Å². The molecule has 4 aliphatic rings. The van der Waals surface area contributed by atoms with Gasteiger partial charge in [0, 0.05) is 86.4 Å². The van der Waals surface area contributed by atoms with Crippen molar-refractivity contribution in [1.29, 1.82) is 0 Å². The molecular weight excluding hydrogens is 842 g/mol. The first kappa shape index (κ1) is 42.8. The SMILES string of the molecule is CC1=CC[C@@H]2C[C@H]1[C@H](c1ccc(Cl)cc1)N(CC1CCN(c3ccc(C(=O)NS(=O)(=O)c4ccc(NCC5CCOCC5)c([N+](=O)[O-])c4)c(Oc4cnc5[nH]ccc5c4)c3)CC1)C2. The van der Waals surface area contributed by atoms with Gasteiger partial charge < -0.3 is 24.7 Å². The number of amides is 1. The van der Waals surface area contributed by atoms with Crippen molar-refractivity contribution in [3.63, 3.8) is 0 Å². The zero-order valence-electron chi connectivity index (χ0n) is 35.2. The van der Waals surface area contributed by atoms with E-state index in [2.05, 4.69) is 54.9 Å². The number of benzene rings is 3. The summed E-state index contributed by atoms with van der Waals surface area (Å²) >= 11 is 6.32. The molecule has 5 heterocycles. The van der Waals surface area contributed by atoms with Crippen LogP contribution in [0.15, 0.2) is 102 Å². The summed E-state index contributed by atoms with van der Waals surface area (Å²) in [4.78, 5) is 37.5. The number of nitro benzene ring substituents is 1. The number of H-pyrrole nitrogens is 1. The zero-order valence-corrected chi connectivity index (χ0v) is 36.7. The molecule has 0 saturated carbocycles. The molecule has 5 aromatic rings. The highest BCUT2D eigenvalue weighted by Crippen LogP contribution is 2.47. The van der Waals surface area contributed by atoms with Crippen LogP contribution in [-0.2, 0) is 14.8 Å². The van der Waals surface area contributed by atoms with Crippen LogP contribution in [0.2, 0.25) is 5.02 Å². The van der Waals surface area contributed by atoms with Crippen LogP contribution in [0.25, 0.3) is 11.0 Å². The van der Waals surface area contributed by atoms with Gasteiger partial charge in [-0.1, -0.05) is 35.4 Å². The van der Waals surface area contributed by atoms with Crippen LogP contribution in [0.5, 0.6) is 11.5 Å². The van der Waals surface area contributed by atoms with Crippen molar-refractivity contribution < 1.29 is 27.6 Å². The zero-order chi connectivity index (χ0) is 43.7. The van der Waals surface area contributed by atoms with Gasteiger partial charge >= 0.3 is 0 Å². The Hall–Kier alpha value is -5.48. The van der Waals surface area contributed by atoms with Crippen molar-refractivity contribution in [3.8, 4) is 11.5 Å². The minimum absolute atomic E-state index is 0.0242. The number of likely N-dealkylation sites (tertiary alicyclic amines) is 1. The first-order valence-corrected chi connectivity index (χ1v) is 23.7. The Morgan fingerprint density at radius 1 is 1.02 bits per heavy atom. The van der Waals surface area contributed by atoms with Gasteiger partial charge in [0.05, 0.1) is 21.6 Å². The second kappa shape index (κ2) is 18.3. The number of fused-ring (bicyclic) bond motifs is 3. The lowest BCUT2D eigenvalue weighted by Gasteiger charge is -2.49. The average molecular weight is 894 g/mol. The summed E-state index contributed by atoms with van der Waals surface area (Å²) in [5.41, 5.74) is 4.07. The highest BCUT2D eigenvalue weighted by molar-refractivity contribution is 7.90. The van der Waals surface area contributed by atoms with Crippen LogP contribution in [0.3, 0.4) is 0 Å². The van der Waals surface area contributed by atoms with E-state index in [4.69, 9.17) is 21.1 Å². The normalized spacial score (nSPS) is 21.2. The van der Waals surface area contributed by atoms with E-state index in [9.17, 15) is 23.3 Å². The number of aromatic amines is 1. The molecule has 1 aliphatic carbocycles. The van der Waals surface area contributed by atoms with Crippen molar-refractivity contribution in [3.05, 3.63) is 123 Å². The van der Waals surface area contributed by atoms with Crippen LogP contribution >= 0.6 is 11.6 Å². The molecule has 3 saturated heterocycles. The Morgan fingerprint density at radius 2 is 1.81 bits per heavy atom. The third-order valence-corrected chi connectivity index (χ3v) is 14.9. The Morgan fingerprint density at radius 3 is 2.59 bits per heavy atom. The van der Waals surface area contributed by atoms with E-state index in [1.165, 1.54) is 35.9 Å². The van der Waals surface area contributed by atoms with Crippen LogP contribution in [0, 0.1) is 33.8 Å². The maximum Gasteiger partial charge on any atom is 0.293 e. The van der Waals surface area contributed by atoms with Crippen molar-refractivity contribution in [1.82, 2.24) is 19.6 Å². The number of pyridine rings is 1. The summed E-state index contributed by atoms with van der Waals surface area (Å²) in [5.74, 6) is 1.49. The molecule has 3 N–H and O–H groups in total. The number of hydrogen-bond donors (Lipinski definition) is 3. The predicted octanol–water partition coefficient (Wildman–Crippen LogP) is 9.12. The fourth-order valence-corrected chi connectivity index (χ4v) is 11.0. The molecule has 330 valence electrons. The molecule has 14 nitrogen and oxygen atoms in total. The molecule has 3 atom stereocenters. The van der Waals surface area contributed by atoms with Gasteiger partial charge in [-0.15, -0.1) is 0 Å². The van der Waals surface area contributed by atoms with Crippen molar-refractivity contribution in [2.24, 2.45) is 23.7 Å². The summed E-state index contributed by atoms with van der Waals surface area (Å²) in [7, 11) is -4.55.